The van der Waals surface area contributed by atoms with Gasteiger partial charge in [-0.15, -0.1) is 0 Å². The van der Waals surface area contributed by atoms with Crippen LogP contribution in [0.1, 0.15) is 226 Å². The van der Waals surface area contributed by atoms with E-state index in [1.807, 2.05) is 6.08 Å². The van der Waals surface area contributed by atoms with Crippen molar-refractivity contribution in [3.8, 4) is 0 Å². The Balaban J connectivity index is 1.44. The van der Waals surface area contributed by atoms with Crippen LogP contribution in [-0.2, 0) is 33.2 Å². The first-order chi connectivity index (χ1) is 45.8. The van der Waals surface area contributed by atoms with Gasteiger partial charge in [-0.1, -0.05) is 239 Å². The number of hydrogen-bond acceptors (Lipinski definition) is 18. The van der Waals surface area contributed by atoms with Gasteiger partial charge in [-0.3, -0.25) is 4.79 Å². The van der Waals surface area contributed by atoms with Crippen molar-refractivity contribution in [2.24, 2.45) is 0 Å². The Morgan fingerprint density at radius 2 is 0.745 bits per heavy atom. The third-order valence-electron chi connectivity index (χ3n) is 17.3. The number of nitrogens with one attached hydrogen (secondary N) is 1. The number of aliphatic hydroxyl groups is 11. The van der Waals surface area contributed by atoms with Crippen molar-refractivity contribution in [1.82, 2.24) is 5.32 Å². The molecule has 3 rings (SSSR count). The Labute approximate surface area is 564 Å². The fourth-order valence-corrected chi connectivity index (χ4v) is 11.5. The number of carbonyl (C=O) groups excluding carboxylic acids is 1. The van der Waals surface area contributed by atoms with E-state index in [9.17, 15) is 61.0 Å². The van der Waals surface area contributed by atoms with Crippen molar-refractivity contribution in [3.05, 3.63) is 109 Å². The summed E-state index contributed by atoms with van der Waals surface area (Å²) in [6.45, 7) is 1.59. The van der Waals surface area contributed by atoms with E-state index in [1.54, 1.807) is 6.08 Å². The maximum atomic E-state index is 13.4. The molecule has 17 atom stereocenters. The number of ether oxygens (including phenoxy) is 6. The summed E-state index contributed by atoms with van der Waals surface area (Å²) >= 11 is 0. The van der Waals surface area contributed by atoms with Crippen molar-refractivity contribution in [2.45, 2.75) is 330 Å². The maximum absolute atomic E-state index is 13.4. The molecule has 3 heterocycles. The van der Waals surface area contributed by atoms with Crippen LogP contribution in [0, 0.1) is 0 Å². The molecule has 94 heavy (non-hydrogen) atoms. The second-order valence-corrected chi connectivity index (χ2v) is 25.3. The number of unbranched alkanes of at least 4 members (excludes halogenated alkanes) is 22. The van der Waals surface area contributed by atoms with Crippen LogP contribution in [0.4, 0.5) is 0 Å². The number of aliphatic hydroxyl groups excluding tert-OH is 11. The summed E-state index contributed by atoms with van der Waals surface area (Å²) in [6, 6.07) is -1.00. The summed E-state index contributed by atoms with van der Waals surface area (Å²) in [5, 5.41) is 121. The summed E-state index contributed by atoms with van der Waals surface area (Å²) < 4.78 is 34.3. The van der Waals surface area contributed by atoms with E-state index in [0.29, 0.717) is 12.8 Å². The van der Waals surface area contributed by atoms with Crippen LogP contribution in [0.15, 0.2) is 109 Å². The van der Waals surface area contributed by atoms with E-state index in [4.69, 9.17) is 28.4 Å². The van der Waals surface area contributed by atoms with E-state index >= 15 is 0 Å². The van der Waals surface area contributed by atoms with Crippen molar-refractivity contribution in [1.29, 1.82) is 0 Å². The number of amides is 1. The quantitative estimate of drug-likeness (QED) is 0.0199. The molecule has 0 bridgehead atoms. The van der Waals surface area contributed by atoms with Gasteiger partial charge < -0.3 is 89.9 Å². The number of allylic oxidation sites excluding steroid dienone is 17. The monoisotopic (exact) mass is 1330 g/mol. The predicted octanol–water partition coefficient (Wildman–Crippen LogP) is 10.2. The molecule has 3 fully saturated rings. The summed E-state index contributed by atoms with van der Waals surface area (Å²) in [4.78, 5) is 13.4. The molecule has 19 nitrogen and oxygen atoms in total. The summed E-state index contributed by atoms with van der Waals surface area (Å²) in [5.41, 5.74) is 0. The fourth-order valence-electron chi connectivity index (χ4n) is 11.5. The minimum atomic E-state index is -1.99. The molecule has 3 aliphatic heterocycles. The molecule has 12 N–H and O–H groups in total. The average Bonchev–Trinajstić information content (AvgIpc) is 0.787. The lowest BCUT2D eigenvalue weighted by Crippen LogP contribution is -2.66. The van der Waals surface area contributed by atoms with Crippen molar-refractivity contribution >= 4 is 5.91 Å². The van der Waals surface area contributed by atoms with Crippen LogP contribution in [0.25, 0.3) is 0 Å². The first kappa shape index (κ1) is 84.7. The second-order valence-electron chi connectivity index (χ2n) is 25.3. The molecule has 0 aromatic rings. The van der Waals surface area contributed by atoms with Crippen LogP contribution in [0.3, 0.4) is 0 Å². The van der Waals surface area contributed by atoms with Crippen molar-refractivity contribution < 1.29 is 89.4 Å². The van der Waals surface area contributed by atoms with Gasteiger partial charge in [0.2, 0.25) is 5.91 Å². The lowest BCUT2D eigenvalue weighted by molar-refractivity contribution is -0.379. The van der Waals surface area contributed by atoms with Gasteiger partial charge in [-0.25, -0.2) is 0 Å². The van der Waals surface area contributed by atoms with Gasteiger partial charge in [0, 0.05) is 6.42 Å². The highest BCUT2D eigenvalue weighted by atomic mass is 16.8. The van der Waals surface area contributed by atoms with Gasteiger partial charge in [-0.05, 0) is 89.9 Å². The van der Waals surface area contributed by atoms with Crippen LogP contribution in [0.5, 0.6) is 0 Å². The number of rotatable bonds is 54. The SMILES string of the molecule is CC/C=C\C/C=C\C/C=C\C/C=C\C/C=C\C/C=C\C/C=C\CCCCCCCCCC(=O)NC(COC1OC(CO)C(OC2OC(CO)C(OC3OC(CO)C(O)C(O)C3O)C(O)C2O)C(O)C1O)C(O)/C=C/CC/C=C/CCCCCCCCCCCCCCCC. The summed E-state index contributed by atoms with van der Waals surface area (Å²) in [5.74, 6) is -0.301. The van der Waals surface area contributed by atoms with E-state index in [1.165, 1.54) is 83.5 Å². The third kappa shape index (κ3) is 36.3. The van der Waals surface area contributed by atoms with Crippen LogP contribution in [0.2, 0.25) is 0 Å². The Morgan fingerprint density at radius 3 is 1.19 bits per heavy atom. The minimum Gasteiger partial charge on any atom is -0.394 e. The largest absolute Gasteiger partial charge is 0.394 e. The smallest absolute Gasteiger partial charge is 0.220 e. The van der Waals surface area contributed by atoms with Gasteiger partial charge >= 0.3 is 0 Å². The van der Waals surface area contributed by atoms with Gasteiger partial charge in [0.25, 0.3) is 0 Å². The molecular formula is C75H127NO18. The first-order valence-corrected chi connectivity index (χ1v) is 36.1. The lowest BCUT2D eigenvalue weighted by Gasteiger charge is -2.48. The van der Waals surface area contributed by atoms with E-state index in [0.717, 1.165) is 109 Å². The zero-order valence-corrected chi connectivity index (χ0v) is 57.1. The molecule has 0 aliphatic carbocycles. The molecule has 0 aromatic carbocycles. The molecule has 17 unspecified atom stereocenters. The summed E-state index contributed by atoms with van der Waals surface area (Å²) in [7, 11) is 0. The molecule has 540 valence electrons. The predicted molar refractivity (Wildman–Crippen MR) is 369 cm³/mol. The molecule has 0 aromatic heterocycles. The van der Waals surface area contributed by atoms with Gasteiger partial charge in [-0.2, -0.15) is 0 Å². The second kappa shape index (κ2) is 55.3. The average molecular weight is 1330 g/mol. The van der Waals surface area contributed by atoms with E-state index in [2.05, 4.69) is 116 Å². The fraction of sp³-hybridized carbons (Fsp3) is 0.747. The van der Waals surface area contributed by atoms with Crippen molar-refractivity contribution in [3.63, 3.8) is 0 Å². The first-order valence-electron chi connectivity index (χ1n) is 36.1. The van der Waals surface area contributed by atoms with Crippen LogP contribution >= 0.6 is 0 Å². The molecule has 0 saturated carbocycles. The van der Waals surface area contributed by atoms with Gasteiger partial charge in [0.05, 0.1) is 38.6 Å². The van der Waals surface area contributed by atoms with E-state index in [-0.39, 0.29) is 18.9 Å². The topological polar surface area (TPSA) is 307 Å². The zero-order valence-electron chi connectivity index (χ0n) is 57.1. The standard InChI is InChI=1S/C75H127NO18/c1-3-5-7-9-11-13-15-17-19-21-23-25-26-27-28-29-30-31-32-33-35-37-39-41-43-45-47-49-51-53-63(81)76-58(59(80)52-50-48-46-44-42-40-38-36-34-24-22-20-18-16-14-12-10-8-6-4-2)57-89-73-69(87)66(84)71(61(55-78)91-73)94-75-70(88)67(85)72(62(56-79)92-75)93-74-68(86)65(83)64(82)60(54-77)90-74/h5,7,11,13,17,19,23,25,27-28,30-31,33,35,42,44,50,52,58-62,64-75,77-80,82-88H,3-4,6,8-10,12,14-16,18,20-22,24,26,29,32,34,36-41,43,45-49,51,53-57H2,1-2H3,(H,76,81)/b7-5-,13-11-,19-17-,25-23-,28-27-,31-30-,35-33-,44-42+,52-50+. The maximum Gasteiger partial charge on any atom is 0.220 e. The number of carbonyl (C=O) groups is 1. The molecule has 1 amide bonds. The Hall–Kier alpha value is -3.55. The highest BCUT2D eigenvalue weighted by Crippen LogP contribution is 2.33. The van der Waals surface area contributed by atoms with Crippen LogP contribution < -0.4 is 5.32 Å². The normalized spacial score (nSPS) is 28.0. The van der Waals surface area contributed by atoms with Gasteiger partial charge in [0.15, 0.2) is 18.9 Å². The Bertz CT molecular complexity index is 2130. The molecule has 0 spiro atoms. The Morgan fingerprint density at radius 1 is 0.394 bits per heavy atom. The lowest BCUT2D eigenvalue weighted by atomic mass is 9.96. The molecule has 3 saturated heterocycles. The van der Waals surface area contributed by atoms with Gasteiger partial charge in [0.1, 0.15) is 73.2 Å². The number of hydrogen-bond donors (Lipinski definition) is 12. The minimum absolute atomic E-state index is 0.215. The highest BCUT2D eigenvalue weighted by Gasteiger charge is 2.53. The zero-order chi connectivity index (χ0) is 68.2. The highest BCUT2D eigenvalue weighted by molar-refractivity contribution is 5.76. The Kier molecular flexibility index (Phi) is 49.9. The van der Waals surface area contributed by atoms with E-state index < -0.39 is 124 Å². The van der Waals surface area contributed by atoms with Crippen LogP contribution in [-0.4, -0.2) is 193 Å². The molecule has 3 aliphatic rings. The van der Waals surface area contributed by atoms with Crippen molar-refractivity contribution in [2.75, 3.05) is 26.4 Å². The third-order valence-corrected chi connectivity index (χ3v) is 17.3. The summed E-state index contributed by atoms with van der Waals surface area (Å²) in [6.07, 6.45) is 47.7. The molecular weight excluding hydrogens is 1200 g/mol. The molecule has 19 heteroatoms. The molecule has 0 radical (unpaired) electrons.